The average Bonchev–Trinajstić information content (AvgIpc) is 3.05. The molecule has 0 aliphatic carbocycles. The first-order valence-corrected chi connectivity index (χ1v) is 10.2. The van der Waals surface area contributed by atoms with Crippen LogP contribution in [0.25, 0.3) is 0 Å². The Labute approximate surface area is 171 Å². The van der Waals surface area contributed by atoms with Crippen molar-refractivity contribution in [3.63, 3.8) is 0 Å². The van der Waals surface area contributed by atoms with Gasteiger partial charge in [-0.25, -0.2) is 8.78 Å². The van der Waals surface area contributed by atoms with Gasteiger partial charge in [-0.3, -0.25) is 14.5 Å². The Kier molecular flexibility index (Phi) is 5.95. The van der Waals surface area contributed by atoms with E-state index in [-0.39, 0.29) is 29.1 Å². The standard InChI is InChI=1S/C20H19ClF2N2O2S/c1-20(2,11-21)19(27)24-14-6-3-12(4-7-14)18-25(17(26)10-28-18)16-9-13(22)5-8-15(16)23/h3-9,18H,10-11H2,1-2H3,(H,24,27). The van der Waals surface area contributed by atoms with E-state index in [9.17, 15) is 18.4 Å². The second kappa shape index (κ2) is 8.09. The Morgan fingerprint density at radius 2 is 1.93 bits per heavy atom. The first-order valence-electron chi connectivity index (χ1n) is 8.59. The Morgan fingerprint density at radius 3 is 2.57 bits per heavy atom. The van der Waals surface area contributed by atoms with Crippen molar-refractivity contribution in [2.45, 2.75) is 19.2 Å². The van der Waals surface area contributed by atoms with E-state index in [1.807, 2.05) is 0 Å². The summed E-state index contributed by atoms with van der Waals surface area (Å²) in [6, 6.07) is 9.97. The van der Waals surface area contributed by atoms with E-state index in [2.05, 4.69) is 5.32 Å². The maximum atomic E-state index is 14.2. The monoisotopic (exact) mass is 424 g/mol. The van der Waals surface area contributed by atoms with Crippen LogP contribution in [0.3, 0.4) is 0 Å². The molecule has 1 aliphatic rings. The number of nitrogens with zero attached hydrogens (tertiary/aromatic N) is 1. The molecule has 0 bridgehead atoms. The minimum absolute atomic E-state index is 0.0822. The highest BCUT2D eigenvalue weighted by atomic mass is 35.5. The third kappa shape index (κ3) is 4.15. The SMILES string of the molecule is CC(C)(CCl)C(=O)Nc1ccc(C2SCC(=O)N2c2cc(F)ccc2F)cc1. The number of benzene rings is 2. The van der Waals surface area contributed by atoms with Crippen LogP contribution < -0.4 is 10.2 Å². The van der Waals surface area contributed by atoms with E-state index >= 15 is 0 Å². The molecule has 4 nitrogen and oxygen atoms in total. The minimum Gasteiger partial charge on any atom is -0.326 e. The van der Waals surface area contributed by atoms with Crippen molar-refractivity contribution in [3.8, 4) is 0 Å². The fraction of sp³-hybridized carbons (Fsp3) is 0.300. The van der Waals surface area contributed by atoms with Crippen molar-refractivity contribution < 1.29 is 18.4 Å². The lowest BCUT2D eigenvalue weighted by molar-refractivity contribution is -0.123. The molecule has 148 valence electrons. The third-order valence-electron chi connectivity index (χ3n) is 4.44. The van der Waals surface area contributed by atoms with E-state index in [0.29, 0.717) is 5.69 Å². The summed E-state index contributed by atoms with van der Waals surface area (Å²) >= 11 is 7.15. The van der Waals surface area contributed by atoms with Crippen molar-refractivity contribution in [1.82, 2.24) is 0 Å². The molecule has 1 fully saturated rings. The van der Waals surface area contributed by atoms with Crippen LogP contribution in [0.5, 0.6) is 0 Å². The van der Waals surface area contributed by atoms with Crippen molar-refractivity contribution in [2.75, 3.05) is 21.8 Å². The Bertz CT molecular complexity index is 906. The highest BCUT2D eigenvalue weighted by molar-refractivity contribution is 8.00. The van der Waals surface area contributed by atoms with Gasteiger partial charge in [0.05, 0.1) is 16.9 Å². The fourth-order valence-electron chi connectivity index (χ4n) is 2.69. The summed E-state index contributed by atoms with van der Waals surface area (Å²) in [4.78, 5) is 25.8. The molecule has 1 unspecified atom stereocenters. The highest BCUT2D eigenvalue weighted by Crippen LogP contribution is 2.43. The van der Waals surface area contributed by atoms with Crippen molar-refractivity contribution in [2.24, 2.45) is 5.41 Å². The maximum Gasteiger partial charge on any atom is 0.238 e. The van der Waals surface area contributed by atoms with Gasteiger partial charge < -0.3 is 5.32 Å². The van der Waals surface area contributed by atoms with Crippen LogP contribution in [0, 0.1) is 17.0 Å². The molecule has 8 heteroatoms. The van der Waals surface area contributed by atoms with E-state index < -0.39 is 22.4 Å². The summed E-state index contributed by atoms with van der Waals surface area (Å²) in [5, 5.41) is 2.32. The first kappa shape index (κ1) is 20.6. The highest BCUT2D eigenvalue weighted by Gasteiger charge is 2.35. The molecule has 1 N–H and O–H groups in total. The fourth-order valence-corrected chi connectivity index (χ4v) is 3.98. The molecule has 0 radical (unpaired) electrons. The van der Waals surface area contributed by atoms with Crippen LogP contribution in [-0.4, -0.2) is 23.4 Å². The molecule has 1 saturated heterocycles. The number of rotatable bonds is 5. The second-order valence-electron chi connectivity index (χ2n) is 7.12. The van der Waals surface area contributed by atoms with Crippen LogP contribution >= 0.6 is 23.4 Å². The summed E-state index contributed by atoms with van der Waals surface area (Å²) in [6.45, 7) is 3.49. The molecule has 2 aromatic rings. The first-order chi connectivity index (χ1) is 13.2. The van der Waals surface area contributed by atoms with Crippen molar-refractivity contribution >= 4 is 46.6 Å². The smallest absolute Gasteiger partial charge is 0.238 e. The van der Waals surface area contributed by atoms with Gasteiger partial charge >= 0.3 is 0 Å². The summed E-state index contributed by atoms with van der Waals surface area (Å²) in [5.41, 5.74) is 0.541. The Hall–Kier alpha value is -2.12. The van der Waals surface area contributed by atoms with Crippen LogP contribution in [0.1, 0.15) is 24.8 Å². The van der Waals surface area contributed by atoms with E-state index in [1.165, 1.54) is 16.7 Å². The van der Waals surface area contributed by atoms with E-state index in [1.54, 1.807) is 38.1 Å². The maximum absolute atomic E-state index is 14.2. The number of thioether (sulfide) groups is 1. The van der Waals surface area contributed by atoms with Crippen molar-refractivity contribution in [1.29, 1.82) is 0 Å². The van der Waals surface area contributed by atoms with Crippen LogP contribution in [-0.2, 0) is 9.59 Å². The molecule has 0 saturated carbocycles. The lowest BCUT2D eigenvalue weighted by Gasteiger charge is -2.25. The van der Waals surface area contributed by atoms with Crippen LogP contribution in [0.4, 0.5) is 20.2 Å². The molecule has 28 heavy (non-hydrogen) atoms. The molecular weight excluding hydrogens is 406 g/mol. The molecule has 3 rings (SSSR count). The molecule has 0 spiro atoms. The lowest BCUT2D eigenvalue weighted by Crippen LogP contribution is -2.32. The number of hydrogen-bond acceptors (Lipinski definition) is 3. The Morgan fingerprint density at radius 1 is 1.25 bits per heavy atom. The van der Waals surface area contributed by atoms with Gasteiger partial charge in [0.2, 0.25) is 11.8 Å². The van der Waals surface area contributed by atoms with Gasteiger partial charge in [0.15, 0.2) is 0 Å². The summed E-state index contributed by atoms with van der Waals surface area (Å²) < 4.78 is 27.8. The Balaban J connectivity index is 1.83. The average molecular weight is 425 g/mol. The van der Waals surface area contributed by atoms with Gasteiger partial charge in [0.1, 0.15) is 17.0 Å². The molecule has 1 atom stereocenters. The van der Waals surface area contributed by atoms with Gasteiger partial charge in [-0.15, -0.1) is 23.4 Å². The summed E-state index contributed by atoms with van der Waals surface area (Å²) in [7, 11) is 0. The largest absolute Gasteiger partial charge is 0.326 e. The number of carbonyl (C=O) groups excluding carboxylic acids is 2. The zero-order valence-corrected chi connectivity index (χ0v) is 16.9. The minimum atomic E-state index is -0.709. The molecule has 2 aromatic carbocycles. The van der Waals surface area contributed by atoms with E-state index in [0.717, 1.165) is 23.8 Å². The molecule has 1 aliphatic heterocycles. The van der Waals surface area contributed by atoms with Gasteiger partial charge in [-0.05, 0) is 43.7 Å². The zero-order valence-electron chi connectivity index (χ0n) is 15.3. The van der Waals surface area contributed by atoms with Crippen molar-refractivity contribution in [3.05, 3.63) is 59.7 Å². The summed E-state index contributed by atoms with van der Waals surface area (Å²) in [5.74, 6) is -1.41. The zero-order chi connectivity index (χ0) is 20.5. The normalized spacial score (nSPS) is 17.1. The topological polar surface area (TPSA) is 49.4 Å². The number of amides is 2. The number of hydrogen-bond donors (Lipinski definition) is 1. The number of nitrogens with one attached hydrogen (secondary N) is 1. The molecular formula is C20H19ClF2N2O2S. The van der Waals surface area contributed by atoms with Crippen LogP contribution in [0.15, 0.2) is 42.5 Å². The number of anilines is 2. The molecule has 0 aromatic heterocycles. The lowest BCUT2D eigenvalue weighted by atomic mass is 9.95. The quantitative estimate of drug-likeness (QED) is 0.691. The third-order valence-corrected chi connectivity index (χ3v) is 6.32. The summed E-state index contributed by atoms with van der Waals surface area (Å²) in [6.07, 6.45) is 0. The second-order valence-corrected chi connectivity index (χ2v) is 8.45. The van der Waals surface area contributed by atoms with Gasteiger partial charge in [0, 0.05) is 17.6 Å². The van der Waals surface area contributed by atoms with E-state index in [4.69, 9.17) is 11.6 Å². The molecule has 2 amide bonds. The number of carbonyl (C=O) groups is 2. The molecule has 1 heterocycles. The van der Waals surface area contributed by atoms with Gasteiger partial charge in [0.25, 0.3) is 0 Å². The van der Waals surface area contributed by atoms with Crippen LogP contribution in [0.2, 0.25) is 0 Å². The number of halogens is 3. The van der Waals surface area contributed by atoms with Gasteiger partial charge in [-0.2, -0.15) is 0 Å². The predicted octanol–water partition coefficient (Wildman–Crippen LogP) is 4.95. The predicted molar refractivity (Wildman–Crippen MR) is 109 cm³/mol. The number of alkyl halides is 1. The van der Waals surface area contributed by atoms with Gasteiger partial charge in [-0.1, -0.05) is 12.1 Å².